The number of nitrogens with zero attached hydrogens (tertiary/aromatic N) is 2. The molecular weight excluding hydrogens is 242 g/mol. The van der Waals surface area contributed by atoms with Crippen molar-refractivity contribution in [3.05, 3.63) is 11.9 Å². The quantitative estimate of drug-likeness (QED) is 0.787. The number of hydrogen-bond donors (Lipinski definition) is 1. The first-order valence-corrected chi connectivity index (χ1v) is 6.90. The summed E-state index contributed by atoms with van der Waals surface area (Å²) in [5, 5.41) is 7.78. The Morgan fingerprint density at radius 3 is 2.53 bits per heavy atom. The highest BCUT2D eigenvalue weighted by molar-refractivity contribution is 5.30. The summed E-state index contributed by atoms with van der Waals surface area (Å²) in [6.07, 6.45) is 3.71. The van der Waals surface area contributed by atoms with Crippen molar-refractivity contribution in [2.75, 3.05) is 21.3 Å². The van der Waals surface area contributed by atoms with Crippen molar-refractivity contribution in [1.82, 2.24) is 15.1 Å². The predicted molar refractivity (Wildman–Crippen MR) is 76.6 cm³/mol. The van der Waals surface area contributed by atoms with Crippen LogP contribution in [-0.2, 0) is 11.3 Å². The zero-order valence-electron chi connectivity index (χ0n) is 13.0. The summed E-state index contributed by atoms with van der Waals surface area (Å²) in [5.74, 6) is 0.810. The number of methoxy groups -OCH3 is 2. The number of rotatable bonds is 8. The van der Waals surface area contributed by atoms with Gasteiger partial charge in [0, 0.05) is 13.7 Å². The SMILES string of the molecule is CCCn1ncc(OC)c1C(NC)C(C)(CC)OC. The Morgan fingerprint density at radius 2 is 2.11 bits per heavy atom. The highest BCUT2D eigenvalue weighted by Crippen LogP contribution is 2.36. The van der Waals surface area contributed by atoms with E-state index in [9.17, 15) is 0 Å². The van der Waals surface area contributed by atoms with E-state index in [0.717, 1.165) is 30.8 Å². The van der Waals surface area contributed by atoms with Gasteiger partial charge in [-0.15, -0.1) is 0 Å². The average Bonchev–Trinajstić information content (AvgIpc) is 2.83. The van der Waals surface area contributed by atoms with Gasteiger partial charge >= 0.3 is 0 Å². The van der Waals surface area contributed by atoms with Gasteiger partial charge in [-0.1, -0.05) is 13.8 Å². The molecule has 5 heteroatoms. The summed E-state index contributed by atoms with van der Waals surface area (Å²) < 4.78 is 13.2. The molecular formula is C14H27N3O2. The van der Waals surface area contributed by atoms with E-state index in [1.807, 2.05) is 11.7 Å². The van der Waals surface area contributed by atoms with E-state index in [1.165, 1.54) is 0 Å². The largest absolute Gasteiger partial charge is 0.493 e. The first-order chi connectivity index (χ1) is 9.07. The predicted octanol–water partition coefficient (Wildman–Crippen LogP) is 2.38. The van der Waals surface area contributed by atoms with Crippen molar-refractivity contribution in [2.45, 2.75) is 51.8 Å². The van der Waals surface area contributed by atoms with E-state index in [-0.39, 0.29) is 11.6 Å². The molecule has 0 aliphatic rings. The Labute approximate surface area is 116 Å². The minimum absolute atomic E-state index is 0.0338. The molecule has 110 valence electrons. The van der Waals surface area contributed by atoms with E-state index >= 15 is 0 Å². The molecule has 0 aromatic carbocycles. The average molecular weight is 269 g/mol. The lowest BCUT2D eigenvalue weighted by atomic mass is 9.90. The maximum absolute atomic E-state index is 5.74. The molecule has 0 amide bonds. The molecule has 1 aromatic rings. The molecule has 1 heterocycles. The molecule has 0 spiro atoms. The van der Waals surface area contributed by atoms with E-state index in [0.29, 0.717) is 0 Å². The lowest BCUT2D eigenvalue weighted by Gasteiger charge is -2.36. The normalized spacial score (nSPS) is 16.1. The first kappa shape index (κ1) is 16.0. The van der Waals surface area contributed by atoms with Crippen molar-refractivity contribution < 1.29 is 9.47 Å². The Kier molecular flexibility index (Phi) is 5.82. The molecule has 0 bridgehead atoms. The zero-order chi connectivity index (χ0) is 14.5. The van der Waals surface area contributed by atoms with Crippen LogP contribution in [0.5, 0.6) is 5.75 Å². The van der Waals surface area contributed by atoms with Gasteiger partial charge in [0.25, 0.3) is 0 Å². The third-order valence-electron chi connectivity index (χ3n) is 3.84. The molecule has 5 nitrogen and oxygen atoms in total. The van der Waals surface area contributed by atoms with Gasteiger partial charge in [0.1, 0.15) is 5.69 Å². The van der Waals surface area contributed by atoms with Crippen LogP contribution >= 0.6 is 0 Å². The van der Waals surface area contributed by atoms with Crippen LogP contribution in [-0.4, -0.2) is 36.6 Å². The van der Waals surface area contributed by atoms with Gasteiger partial charge in [-0.2, -0.15) is 5.10 Å². The van der Waals surface area contributed by atoms with Gasteiger partial charge in [0.05, 0.1) is 24.9 Å². The Bertz CT molecular complexity index is 386. The van der Waals surface area contributed by atoms with Crippen molar-refractivity contribution in [2.24, 2.45) is 0 Å². The van der Waals surface area contributed by atoms with E-state index in [1.54, 1.807) is 20.4 Å². The maximum atomic E-state index is 5.74. The Hall–Kier alpha value is -1.07. The molecule has 1 rings (SSSR count). The molecule has 1 N–H and O–H groups in total. The van der Waals surface area contributed by atoms with Gasteiger partial charge in [0.15, 0.2) is 5.75 Å². The van der Waals surface area contributed by atoms with Crippen molar-refractivity contribution in [1.29, 1.82) is 0 Å². The third kappa shape index (κ3) is 3.09. The van der Waals surface area contributed by atoms with Crippen LogP contribution in [0.15, 0.2) is 6.20 Å². The molecule has 2 atom stereocenters. The highest BCUT2D eigenvalue weighted by atomic mass is 16.5. The molecule has 1 aromatic heterocycles. The van der Waals surface area contributed by atoms with Crippen LogP contribution in [0.3, 0.4) is 0 Å². The lowest BCUT2D eigenvalue weighted by Crippen LogP contribution is -2.42. The molecule has 2 unspecified atom stereocenters. The molecule has 0 saturated heterocycles. The van der Waals surface area contributed by atoms with E-state index < -0.39 is 0 Å². The lowest BCUT2D eigenvalue weighted by molar-refractivity contribution is -0.0308. The minimum Gasteiger partial charge on any atom is -0.493 e. The van der Waals surface area contributed by atoms with Crippen molar-refractivity contribution >= 4 is 0 Å². The Morgan fingerprint density at radius 1 is 1.42 bits per heavy atom. The number of aromatic nitrogens is 2. The fraction of sp³-hybridized carbons (Fsp3) is 0.786. The molecule has 0 aliphatic carbocycles. The molecule has 0 aliphatic heterocycles. The summed E-state index contributed by atoms with van der Waals surface area (Å²) in [5.41, 5.74) is 0.756. The maximum Gasteiger partial charge on any atom is 0.161 e. The van der Waals surface area contributed by atoms with E-state index in [4.69, 9.17) is 9.47 Å². The molecule has 0 radical (unpaired) electrons. The number of nitrogens with one attached hydrogen (secondary N) is 1. The molecule has 19 heavy (non-hydrogen) atoms. The van der Waals surface area contributed by atoms with Crippen LogP contribution < -0.4 is 10.1 Å². The monoisotopic (exact) mass is 269 g/mol. The summed E-state index contributed by atoms with van der Waals surface area (Å²) in [6, 6.07) is 0.0338. The summed E-state index contributed by atoms with van der Waals surface area (Å²) in [4.78, 5) is 0. The third-order valence-corrected chi connectivity index (χ3v) is 3.84. The fourth-order valence-corrected chi connectivity index (χ4v) is 2.41. The standard InChI is InChI=1S/C14H27N3O2/c1-7-9-17-12(11(18-5)10-16-17)13(15-4)14(3,8-2)19-6/h10,13,15H,7-9H2,1-6H3. The Balaban J connectivity index is 3.26. The summed E-state index contributed by atoms with van der Waals surface area (Å²) >= 11 is 0. The van der Waals surface area contributed by atoms with Gasteiger partial charge in [-0.05, 0) is 26.8 Å². The minimum atomic E-state index is -0.298. The van der Waals surface area contributed by atoms with Crippen LogP contribution in [0.1, 0.15) is 45.3 Å². The fourth-order valence-electron chi connectivity index (χ4n) is 2.41. The van der Waals surface area contributed by atoms with Crippen LogP contribution in [0.4, 0.5) is 0 Å². The first-order valence-electron chi connectivity index (χ1n) is 6.90. The number of ether oxygens (including phenoxy) is 2. The number of likely N-dealkylation sites (N-methyl/N-ethyl adjacent to an activating group) is 1. The second-order valence-corrected chi connectivity index (χ2v) is 4.91. The van der Waals surface area contributed by atoms with Gasteiger partial charge < -0.3 is 14.8 Å². The van der Waals surface area contributed by atoms with Gasteiger partial charge in [-0.25, -0.2) is 0 Å². The van der Waals surface area contributed by atoms with Crippen LogP contribution in [0, 0.1) is 0 Å². The number of aryl methyl sites for hydroxylation is 1. The second kappa shape index (κ2) is 6.91. The molecule has 0 fully saturated rings. The molecule has 0 saturated carbocycles. The summed E-state index contributed by atoms with van der Waals surface area (Å²) in [7, 11) is 5.38. The number of hydrogen-bond acceptors (Lipinski definition) is 4. The van der Waals surface area contributed by atoms with Gasteiger partial charge in [-0.3, -0.25) is 4.68 Å². The van der Waals surface area contributed by atoms with Gasteiger partial charge in [0.2, 0.25) is 0 Å². The topological polar surface area (TPSA) is 48.3 Å². The van der Waals surface area contributed by atoms with Crippen LogP contribution in [0.25, 0.3) is 0 Å². The van der Waals surface area contributed by atoms with Crippen LogP contribution in [0.2, 0.25) is 0 Å². The van der Waals surface area contributed by atoms with Crippen molar-refractivity contribution in [3.8, 4) is 5.75 Å². The second-order valence-electron chi connectivity index (χ2n) is 4.91. The smallest absolute Gasteiger partial charge is 0.161 e. The van der Waals surface area contributed by atoms with Crippen molar-refractivity contribution in [3.63, 3.8) is 0 Å². The van der Waals surface area contributed by atoms with E-state index in [2.05, 4.69) is 31.2 Å². The summed E-state index contributed by atoms with van der Waals surface area (Å²) in [6.45, 7) is 7.25. The highest BCUT2D eigenvalue weighted by Gasteiger charge is 2.37. The zero-order valence-corrected chi connectivity index (χ0v) is 13.0.